The fourth-order valence-corrected chi connectivity index (χ4v) is 3.52. The zero-order valence-corrected chi connectivity index (χ0v) is 22.0. The molecule has 0 spiro atoms. The molecule has 2 rings (SSSR count). The zero-order chi connectivity index (χ0) is 28.8. The minimum Gasteiger partial charge on any atom is -0.461 e. The number of pyridine rings is 1. The fourth-order valence-electron chi connectivity index (χ4n) is 3.52. The number of esters is 1. The molecule has 1 aromatic heterocycles. The molecule has 213 valence electrons. The van der Waals surface area contributed by atoms with Crippen LogP contribution in [0.3, 0.4) is 0 Å². The molecule has 6 atom stereocenters. The zero-order valence-electron chi connectivity index (χ0n) is 22.0. The fraction of sp³-hybridized carbons (Fsp3) is 0.500. The Kier molecular flexibility index (Phi) is 14.0. The molecule has 0 unspecified atom stereocenters. The van der Waals surface area contributed by atoms with Crippen LogP contribution in [0.5, 0.6) is 0 Å². The number of carbonyl (C=O) groups is 2. The van der Waals surface area contributed by atoms with Gasteiger partial charge in [-0.1, -0.05) is 44.2 Å². The molecule has 0 aliphatic rings. The summed E-state index contributed by atoms with van der Waals surface area (Å²) in [5, 5.41) is 42.3. The molecule has 0 saturated carbocycles. The van der Waals surface area contributed by atoms with E-state index in [0.29, 0.717) is 6.42 Å². The highest BCUT2D eigenvalue weighted by Gasteiger charge is 2.34. The number of aromatic nitrogens is 1. The molecule has 1 heterocycles. The first-order valence-electron chi connectivity index (χ1n) is 12.6. The minimum absolute atomic E-state index is 0.102. The second-order valence-electron chi connectivity index (χ2n) is 9.39. The van der Waals surface area contributed by atoms with Gasteiger partial charge >= 0.3 is 13.7 Å². The molecule has 0 aliphatic carbocycles. The number of aliphatic hydroxyl groups is 4. The summed E-state index contributed by atoms with van der Waals surface area (Å²) in [5.41, 5.74) is 6.84. The molecule has 7 N–H and O–H groups in total. The lowest BCUT2D eigenvalue weighted by Gasteiger charge is -2.29. The molecule has 0 saturated heterocycles. The van der Waals surface area contributed by atoms with Gasteiger partial charge in [0, 0.05) is 18.8 Å². The van der Waals surface area contributed by atoms with Crippen LogP contribution in [0.15, 0.2) is 54.9 Å². The largest absolute Gasteiger partial charge is 0.489 e. The van der Waals surface area contributed by atoms with Crippen LogP contribution >= 0.6 is 0 Å². The summed E-state index contributed by atoms with van der Waals surface area (Å²) in [6.45, 7) is 2.47. The maximum Gasteiger partial charge on any atom is 0.489 e. The number of nitrogens with zero attached hydrogens (tertiary/aromatic N) is 1. The molecule has 0 bridgehead atoms. The van der Waals surface area contributed by atoms with Crippen molar-refractivity contribution in [1.29, 1.82) is 0 Å². The average molecular weight is 546 g/mol. The van der Waals surface area contributed by atoms with Gasteiger partial charge in [0.05, 0.1) is 18.4 Å². The Labute approximate surface area is 228 Å². The Morgan fingerprint density at radius 3 is 2.38 bits per heavy atom. The first-order valence-corrected chi connectivity index (χ1v) is 12.6. The van der Waals surface area contributed by atoms with Gasteiger partial charge in [-0.25, -0.2) is 4.79 Å². The summed E-state index contributed by atoms with van der Waals surface area (Å²) in [4.78, 5) is 29.7. The number of nitrogens with one attached hydrogen (secondary N) is 1. The van der Waals surface area contributed by atoms with E-state index < -0.39 is 61.8 Å². The van der Waals surface area contributed by atoms with Crippen molar-refractivity contribution in [2.24, 2.45) is 11.7 Å². The maximum atomic E-state index is 13.1. The van der Waals surface area contributed by atoms with E-state index in [1.54, 1.807) is 36.4 Å². The highest BCUT2D eigenvalue weighted by molar-refractivity contribution is 6.18. The van der Waals surface area contributed by atoms with E-state index in [9.17, 15) is 24.9 Å². The van der Waals surface area contributed by atoms with Crippen LogP contribution in [0.25, 0.3) is 0 Å². The third-order valence-electron chi connectivity index (χ3n) is 5.66. The van der Waals surface area contributed by atoms with E-state index in [4.69, 9.17) is 24.9 Å². The summed E-state index contributed by atoms with van der Waals surface area (Å²) >= 11 is 0. The third-order valence-corrected chi connectivity index (χ3v) is 5.66. The van der Waals surface area contributed by atoms with Gasteiger partial charge in [-0.15, -0.1) is 0 Å². The van der Waals surface area contributed by atoms with Gasteiger partial charge in [-0.05, 0) is 30.0 Å². The minimum atomic E-state index is -1.83. The van der Waals surface area contributed by atoms with E-state index in [2.05, 4.69) is 10.3 Å². The van der Waals surface area contributed by atoms with Crippen LogP contribution in [0.2, 0.25) is 0 Å². The number of aliphatic hydroxyl groups excluding tert-OH is 4. The number of hydrogen-bond donors (Lipinski definition) is 6. The average Bonchev–Trinajstić information content (AvgIpc) is 2.93. The maximum absolute atomic E-state index is 13.1. The van der Waals surface area contributed by atoms with Gasteiger partial charge in [0.25, 0.3) is 5.91 Å². The van der Waals surface area contributed by atoms with Crippen LogP contribution in [-0.2, 0) is 25.3 Å². The summed E-state index contributed by atoms with van der Waals surface area (Å²) in [7, 11) is 0.860. The second kappa shape index (κ2) is 16.9. The molecular weight excluding hydrogens is 509 g/mol. The number of ether oxygens (including phenoxy) is 1. The summed E-state index contributed by atoms with van der Waals surface area (Å²) in [6.07, 6.45) is -3.96. The van der Waals surface area contributed by atoms with Crippen LogP contribution in [0.4, 0.5) is 0 Å². The van der Waals surface area contributed by atoms with Gasteiger partial charge < -0.3 is 45.5 Å². The lowest BCUT2D eigenvalue weighted by Crippen LogP contribution is -2.50. The SMILES string of the molecule is CC(C)C[C@H](N)O[B]O[C@H](COC(=O)[C@H](Cc1ccccc1)NC(=O)c1cccnc1)[C@@H](O)[C@H](O)[C@H](O)CO. The van der Waals surface area contributed by atoms with Crippen molar-refractivity contribution < 1.29 is 44.1 Å². The first-order chi connectivity index (χ1) is 18.6. The van der Waals surface area contributed by atoms with E-state index in [1.165, 1.54) is 12.4 Å². The van der Waals surface area contributed by atoms with Crippen LogP contribution in [0, 0.1) is 5.92 Å². The monoisotopic (exact) mass is 546 g/mol. The number of hydrogen-bond acceptors (Lipinski definition) is 11. The van der Waals surface area contributed by atoms with Crippen molar-refractivity contribution in [2.75, 3.05) is 13.2 Å². The van der Waals surface area contributed by atoms with E-state index in [1.807, 2.05) is 19.9 Å². The highest BCUT2D eigenvalue weighted by Crippen LogP contribution is 2.12. The van der Waals surface area contributed by atoms with Crippen molar-refractivity contribution in [3.05, 3.63) is 66.0 Å². The molecule has 1 radical (unpaired) electrons. The van der Waals surface area contributed by atoms with Gasteiger partial charge in [0.15, 0.2) is 0 Å². The number of rotatable bonds is 17. The smallest absolute Gasteiger partial charge is 0.461 e. The molecule has 2 aromatic rings. The number of amides is 1. The Balaban J connectivity index is 2.12. The predicted octanol–water partition coefficient (Wildman–Crippen LogP) is -0.692. The van der Waals surface area contributed by atoms with E-state index in [0.717, 1.165) is 13.2 Å². The quantitative estimate of drug-likeness (QED) is 0.0835. The van der Waals surface area contributed by atoms with Crippen molar-refractivity contribution in [1.82, 2.24) is 10.3 Å². The van der Waals surface area contributed by atoms with Gasteiger partial charge in [-0.2, -0.15) is 0 Å². The Hall–Kier alpha value is -2.91. The van der Waals surface area contributed by atoms with Crippen molar-refractivity contribution in [3.8, 4) is 0 Å². The van der Waals surface area contributed by atoms with Gasteiger partial charge in [-0.3, -0.25) is 9.78 Å². The Morgan fingerprint density at radius 1 is 1.05 bits per heavy atom. The molecule has 12 nitrogen and oxygen atoms in total. The number of benzene rings is 1. The lowest BCUT2D eigenvalue weighted by atomic mass is 10.0. The highest BCUT2D eigenvalue weighted by atomic mass is 16.6. The van der Waals surface area contributed by atoms with Crippen LogP contribution in [-0.4, -0.2) is 94.9 Å². The number of nitrogens with two attached hydrogens (primary N) is 1. The number of carbonyl (C=O) groups excluding carboxylic acids is 2. The summed E-state index contributed by atoms with van der Waals surface area (Å²) in [5.74, 6) is -1.15. The Morgan fingerprint density at radius 2 is 1.77 bits per heavy atom. The molecule has 0 fully saturated rings. The van der Waals surface area contributed by atoms with Gasteiger partial charge in [0.2, 0.25) is 0 Å². The van der Waals surface area contributed by atoms with Crippen LogP contribution < -0.4 is 11.1 Å². The van der Waals surface area contributed by atoms with E-state index in [-0.39, 0.29) is 17.9 Å². The van der Waals surface area contributed by atoms with Crippen molar-refractivity contribution in [3.63, 3.8) is 0 Å². The summed E-state index contributed by atoms with van der Waals surface area (Å²) < 4.78 is 16.0. The normalized spacial score (nSPS) is 16.0. The molecule has 39 heavy (non-hydrogen) atoms. The molecule has 1 aromatic carbocycles. The molecule has 0 aliphatic heterocycles. The Bertz CT molecular complexity index is 987. The van der Waals surface area contributed by atoms with E-state index >= 15 is 0 Å². The predicted molar refractivity (Wildman–Crippen MR) is 141 cm³/mol. The molecular formula is C26H37BN3O9. The van der Waals surface area contributed by atoms with Gasteiger partial charge in [0.1, 0.15) is 37.1 Å². The molecule has 1 amide bonds. The van der Waals surface area contributed by atoms with Crippen molar-refractivity contribution in [2.45, 2.75) is 63.4 Å². The summed E-state index contributed by atoms with van der Waals surface area (Å²) in [6, 6.07) is 11.0. The van der Waals surface area contributed by atoms with Crippen LogP contribution in [0.1, 0.15) is 36.2 Å². The third kappa shape index (κ3) is 11.4. The second-order valence-corrected chi connectivity index (χ2v) is 9.39. The molecule has 13 heteroatoms. The standard InChI is InChI=1S/C26H37BN3O9/c1-16(2)11-22(28)39-27-38-21(24(34)23(33)20(32)14-31)15-37-26(36)19(12-17-7-4-3-5-8-17)30-25(35)18-9-6-10-29-13-18/h3-10,13,16,19-24,31-34H,11-12,14-15,28H2,1-2H3,(H,30,35)/t19-,20+,21+,22+,23+,24+/m0/s1. The van der Waals surface area contributed by atoms with Crippen molar-refractivity contribution >= 4 is 19.6 Å². The topological polar surface area (TPSA) is 194 Å². The lowest BCUT2D eigenvalue weighted by molar-refractivity contribution is -0.156. The first kappa shape index (κ1) is 32.3.